The minimum absolute atomic E-state index is 0.0515. The molecule has 0 amide bonds. The lowest BCUT2D eigenvalue weighted by molar-refractivity contribution is 1.44. The molecule has 0 aliphatic rings. The highest BCUT2D eigenvalue weighted by Crippen LogP contribution is 2.03. The third-order valence-electron chi connectivity index (χ3n) is 1.22. The average Bonchev–Trinajstić information content (AvgIpc) is 2.30. The molecule has 0 fully saturated rings. The van der Waals surface area contributed by atoms with E-state index in [0.29, 0.717) is 0 Å². The number of allylic oxidation sites excluding steroid dienone is 5. The summed E-state index contributed by atoms with van der Waals surface area (Å²) in [7, 11) is 0. The molecule has 0 radical (unpaired) electrons. The van der Waals surface area contributed by atoms with E-state index in [1.54, 1.807) is 24.3 Å². The Kier molecular flexibility index (Phi) is 5.08. The second-order valence-corrected chi connectivity index (χ2v) is 2.14. The third kappa shape index (κ3) is 3.88. The van der Waals surface area contributed by atoms with Crippen molar-refractivity contribution in [3.63, 3.8) is 0 Å². The van der Waals surface area contributed by atoms with Crippen molar-refractivity contribution in [3.05, 3.63) is 28.9 Å². The van der Waals surface area contributed by atoms with Gasteiger partial charge in [-0.25, -0.2) is 0 Å². The molecule has 0 aromatic carbocycles. The summed E-state index contributed by atoms with van der Waals surface area (Å²) >= 11 is 0. The summed E-state index contributed by atoms with van der Waals surface area (Å²) in [5.41, 5.74) is -0.451. The first-order valence-corrected chi connectivity index (χ1v) is 3.55. The molecule has 0 bridgehead atoms. The zero-order valence-corrected chi connectivity index (χ0v) is 7.44. The SMILES string of the molecule is N#CC(=C=N)C=C(C#N)C=C(C#N)C#N. The van der Waals surface area contributed by atoms with Crippen molar-refractivity contribution >= 4 is 5.87 Å². The monoisotopic (exact) mass is 193 g/mol. The molecule has 0 heterocycles. The highest BCUT2D eigenvalue weighted by atomic mass is 14.3. The van der Waals surface area contributed by atoms with Crippen molar-refractivity contribution in [2.75, 3.05) is 0 Å². The highest BCUT2D eigenvalue weighted by molar-refractivity contribution is 5.67. The van der Waals surface area contributed by atoms with E-state index in [9.17, 15) is 0 Å². The van der Waals surface area contributed by atoms with E-state index in [-0.39, 0.29) is 16.7 Å². The van der Waals surface area contributed by atoms with Gasteiger partial charge < -0.3 is 0 Å². The molecular formula is C10H3N5. The van der Waals surface area contributed by atoms with Crippen LogP contribution in [0.4, 0.5) is 0 Å². The number of nitriles is 4. The molecule has 68 valence electrons. The number of rotatable bonds is 2. The quantitative estimate of drug-likeness (QED) is 0.401. The van der Waals surface area contributed by atoms with Crippen molar-refractivity contribution in [1.82, 2.24) is 0 Å². The summed E-state index contributed by atoms with van der Waals surface area (Å²) in [6.07, 6.45) is 2.11. The van der Waals surface area contributed by atoms with Crippen LogP contribution in [0.25, 0.3) is 0 Å². The third-order valence-corrected chi connectivity index (χ3v) is 1.22. The molecule has 0 aliphatic carbocycles. The highest BCUT2D eigenvalue weighted by Gasteiger charge is 1.98. The molecule has 0 spiro atoms. The van der Waals surface area contributed by atoms with Crippen LogP contribution < -0.4 is 0 Å². The lowest BCUT2D eigenvalue weighted by atomic mass is 10.1. The molecule has 0 saturated heterocycles. The Hall–Kier alpha value is -3.11. The van der Waals surface area contributed by atoms with E-state index in [4.69, 9.17) is 26.5 Å². The Balaban J connectivity index is 5.37. The maximum atomic E-state index is 8.61. The topological polar surface area (TPSA) is 119 Å². The van der Waals surface area contributed by atoms with Gasteiger partial charge in [0.2, 0.25) is 0 Å². The van der Waals surface area contributed by atoms with Crippen LogP contribution in [0, 0.1) is 50.7 Å². The molecule has 5 nitrogen and oxygen atoms in total. The molecule has 0 atom stereocenters. The fraction of sp³-hybridized carbons (Fsp3) is 0. The zero-order chi connectivity index (χ0) is 11.7. The second-order valence-electron chi connectivity index (χ2n) is 2.14. The molecule has 0 aromatic heterocycles. The summed E-state index contributed by atoms with van der Waals surface area (Å²) in [4.78, 5) is 0. The Bertz CT molecular complexity index is 514. The van der Waals surface area contributed by atoms with Gasteiger partial charge in [0.1, 0.15) is 29.4 Å². The molecular weight excluding hydrogens is 190 g/mol. The second kappa shape index (κ2) is 6.41. The largest absolute Gasteiger partial charge is 0.258 e. The van der Waals surface area contributed by atoms with Gasteiger partial charge in [0, 0.05) is 0 Å². The summed E-state index contributed by atoms with van der Waals surface area (Å²) in [6, 6.07) is 6.46. The van der Waals surface area contributed by atoms with Gasteiger partial charge in [0.05, 0.1) is 11.6 Å². The number of nitrogens with one attached hydrogen (secondary N) is 1. The molecule has 0 saturated carbocycles. The van der Waals surface area contributed by atoms with Crippen LogP contribution in [0.15, 0.2) is 28.9 Å². The van der Waals surface area contributed by atoms with E-state index in [1.807, 2.05) is 5.87 Å². The molecule has 1 N–H and O–H groups in total. The van der Waals surface area contributed by atoms with Crippen LogP contribution in [0.2, 0.25) is 0 Å². The predicted molar refractivity (Wildman–Crippen MR) is 49.9 cm³/mol. The first-order chi connectivity index (χ1) is 7.21. The number of hydrogen-bond donors (Lipinski definition) is 1. The Labute approximate surface area is 86.2 Å². The Morgan fingerprint density at radius 2 is 1.47 bits per heavy atom. The Morgan fingerprint density at radius 3 is 1.80 bits per heavy atom. The van der Waals surface area contributed by atoms with Gasteiger partial charge in [0.25, 0.3) is 0 Å². The summed E-state index contributed by atoms with van der Waals surface area (Å²) in [6.45, 7) is 0. The van der Waals surface area contributed by atoms with Gasteiger partial charge in [-0.15, -0.1) is 0 Å². The van der Waals surface area contributed by atoms with Crippen LogP contribution in [-0.4, -0.2) is 5.87 Å². The molecule has 0 rings (SSSR count). The molecule has 5 heteroatoms. The summed E-state index contributed by atoms with van der Waals surface area (Å²) in [5, 5.41) is 40.6. The van der Waals surface area contributed by atoms with Crippen molar-refractivity contribution in [3.8, 4) is 24.3 Å². The number of nitrogens with zero attached hydrogens (tertiary/aromatic N) is 4. The summed E-state index contributed by atoms with van der Waals surface area (Å²) in [5.74, 6) is 1.81. The molecule has 0 unspecified atom stereocenters. The van der Waals surface area contributed by atoms with Gasteiger partial charge in [-0.2, -0.15) is 21.0 Å². The van der Waals surface area contributed by atoms with E-state index in [0.717, 1.165) is 12.2 Å². The van der Waals surface area contributed by atoms with Crippen LogP contribution in [0.5, 0.6) is 0 Å². The van der Waals surface area contributed by atoms with Crippen LogP contribution in [-0.2, 0) is 0 Å². The van der Waals surface area contributed by atoms with Gasteiger partial charge in [0.15, 0.2) is 0 Å². The van der Waals surface area contributed by atoms with Gasteiger partial charge in [-0.1, -0.05) is 0 Å². The van der Waals surface area contributed by atoms with Crippen molar-refractivity contribution < 1.29 is 0 Å². The zero-order valence-electron chi connectivity index (χ0n) is 7.44. The smallest absolute Gasteiger partial charge is 0.130 e. The first-order valence-electron chi connectivity index (χ1n) is 3.55. The minimum Gasteiger partial charge on any atom is -0.258 e. The van der Waals surface area contributed by atoms with E-state index in [2.05, 4.69) is 0 Å². The molecule has 0 aromatic rings. The standard InChI is InChI=1S/C10H3N5/c11-3-8(1-9(4-12)5-13)2-10(6-14)7-15/h1-2,12H. The fourth-order valence-corrected chi connectivity index (χ4v) is 0.603. The number of hydrogen-bond acceptors (Lipinski definition) is 5. The molecule has 15 heavy (non-hydrogen) atoms. The van der Waals surface area contributed by atoms with Crippen molar-refractivity contribution in [2.45, 2.75) is 0 Å². The lowest BCUT2D eigenvalue weighted by Crippen LogP contribution is -1.80. The van der Waals surface area contributed by atoms with Gasteiger partial charge >= 0.3 is 0 Å². The predicted octanol–water partition coefficient (Wildman–Crippen LogP) is 1.11. The van der Waals surface area contributed by atoms with E-state index in [1.165, 1.54) is 0 Å². The molecule has 0 aliphatic heterocycles. The first kappa shape index (κ1) is 11.9. The normalized spacial score (nSPS) is 8.13. The van der Waals surface area contributed by atoms with E-state index < -0.39 is 0 Å². The van der Waals surface area contributed by atoms with Crippen LogP contribution in [0.1, 0.15) is 0 Å². The van der Waals surface area contributed by atoms with E-state index >= 15 is 0 Å². The van der Waals surface area contributed by atoms with Crippen LogP contribution >= 0.6 is 0 Å². The lowest BCUT2D eigenvalue weighted by Gasteiger charge is -1.86. The van der Waals surface area contributed by atoms with Crippen molar-refractivity contribution in [1.29, 1.82) is 26.5 Å². The van der Waals surface area contributed by atoms with Gasteiger partial charge in [-0.05, 0) is 18.0 Å². The fourth-order valence-electron chi connectivity index (χ4n) is 0.603. The maximum Gasteiger partial charge on any atom is 0.130 e. The average molecular weight is 193 g/mol. The minimum atomic E-state index is -0.245. The van der Waals surface area contributed by atoms with Crippen LogP contribution in [0.3, 0.4) is 0 Å². The van der Waals surface area contributed by atoms with Crippen molar-refractivity contribution in [2.24, 2.45) is 0 Å². The van der Waals surface area contributed by atoms with Gasteiger partial charge in [-0.3, -0.25) is 5.41 Å². The maximum absolute atomic E-state index is 8.61. The Morgan fingerprint density at radius 1 is 0.867 bits per heavy atom. The summed E-state index contributed by atoms with van der Waals surface area (Å²) < 4.78 is 0.